The Balaban J connectivity index is 1.21. The van der Waals surface area contributed by atoms with Gasteiger partial charge in [0.25, 0.3) is 0 Å². The zero-order valence-electron chi connectivity index (χ0n) is 30.0. The smallest absolute Gasteiger partial charge is 0.166 e. The summed E-state index contributed by atoms with van der Waals surface area (Å²) in [6.45, 7) is 0. The molecule has 0 N–H and O–H groups in total. The number of nitrogens with zero attached hydrogens (tertiary/aromatic N) is 4. The van der Waals surface area contributed by atoms with E-state index < -0.39 is 0 Å². The fraction of sp³-hybridized carbons (Fsp3) is 0. The van der Waals surface area contributed by atoms with Gasteiger partial charge in [0.2, 0.25) is 0 Å². The van der Waals surface area contributed by atoms with E-state index in [2.05, 4.69) is 187 Å². The van der Waals surface area contributed by atoms with Crippen LogP contribution in [-0.2, 0) is 0 Å². The molecule has 9 aromatic carbocycles. The predicted octanol–water partition coefficient (Wildman–Crippen LogP) is 13.8. The lowest BCUT2D eigenvalue weighted by molar-refractivity contribution is 1.07. The fourth-order valence-electron chi connectivity index (χ4n) is 8.65. The Labute approximate surface area is 325 Å². The quantitative estimate of drug-likeness (QED) is 0.181. The second-order valence-electron chi connectivity index (χ2n) is 14.4. The molecule has 3 aromatic heterocycles. The highest BCUT2D eigenvalue weighted by molar-refractivity contribution is 7.26. The minimum absolute atomic E-state index is 0.628. The number of hydrogen-bond acceptors (Lipinski definition) is 4. The highest BCUT2D eigenvalue weighted by Crippen LogP contribution is 2.43. The van der Waals surface area contributed by atoms with E-state index in [0.717, 1.165) is 55.0 Å². The van der Waals surface area contributed by atoms with Gasteiger partial charge in [-0.1, -0.05) is 146 Å². The summed E-state index contributed by atoms with van der Waals surface area (Å²) in [5.74, 6) is 1.93. The summed E-state index contributed by atoms with van der Waals surface area (Å²) < 4.78 is 4.85. The number of benzene rings is 9. The SMILES string of the molecule is c1ccc2cc3c(cc2c1)c1ccccc1n3-c1c(-c2nc(-c3cccc4ccccc34)nc(-c3cccc4c3sc3ccccc34)n2)ccc2ccccc12. The molecule has 5 heteroatoms. The lowest BCUT2D eigenvalue weighted by Crippen LogP contribution is -2.04. The van der Waals surface area contributed by atoms with Crippen LogP contribution >= 0.6 is 11.3 Å². The summed E-state index contributed by atoms with van der Waals surface area (Å²) >= 11 is 1.79. The molecule has 0 aliphatic rings. The number of fused-ring (bicyclic) bond motifs is 9. The van der Waals surface area contributed by atoms with Gasteiger partial charge in [0, 0.05) is 53.0 Å². The van der Waals surface area contributed by atoms with E-state index in [-0.39, 0.29) is 0 Å². The van der Waals surface area contributed by atoms with E-state index in [0.29, 0.717) is 17.5 Å². The Morgan fingerprint density at radius 3 is 1.71 bits per heavy atom. The molecular formula is C51H30N4S. The predicted molar refractivity (Wildman–Crippen MR) is 236 cm³/mol. The van der Waals surface area contributed by atoms with Crippen molar-refractivity contribution in [3.05, 3.63) is 182 Å². The van der Waals surface area contributed by atoms with Crippen LogP contribution < -0.4 is 0 Å². The molecule has 0 aliphatic carbocycles. The normalized spacial score (nSPS) is 11.9. The molecule has 0 unspecified atom stereocenters. The molecule has 0 bridgehead atoms. The van der Waals surface area contributed by atoms with E-state index in [9.17, 15) is 0 Å². The van der Waals surface area contributed by atoms with Crippen molar-refractivity contribution in [2.45, 2.75) is 0 Å². The van der Waals surface area contributed by atoms with Gasteiger partial charge in [0.05, 0.1) is 16.7 Å². The summed E-state index contributed by atoms with van der Waals surface area (Å²) in [5, 5.41) is 11.8. The van der Waals surface area contributed by atoms with Crippen LogP contribution in [0.1, 0.15) is 0 Å². The molecule has 0 radical (unpaired) electrons. The molecule has 260 valence electrons. The molecule has 0 saturated carbocycles. The van der Waals surface area contributed by atoms with Gasteiger partial charge in [-0.25, -0.2) is 15.0 Å². The molecule has 0 atom stereocenters. The maximum atomic E-state index is 5.46. The van der Waals surface area contributed by atoms with E-state index in [1.807, 2.05) is 0 Å². The number of para-hydroxylation sites is 1. The summed E-state index contributed by atoms with van der Waals surface area (Å²) in [4.78, 5) is 16.2. The van der Waals surface area contributed by atoms with Crippen molar-refractivity contribution in [3.8, 4) is 39.9 Å². The van der Waals surface area contributed by atoms with Crippen LogP contribution in [0.3, 0.4) is 0 Å². The van der Waals surface area contributed by atoms with Gasteiger partial charge in [0.1, 0.15) is 0 Å². The Bertz CT molecular complexity index is 3550. The highest BCUT2D eigenvalue weighted by Gasteiger charge is 2.23. The highest BCUT2D eigenvalue weighted by atomic mass is 32.1. The van der Waals surface area contributed by atoms with Gasteiger partial charge in [-0.05, 0) is 63.3 Å². The van der Waals surface area contributed by atoms with Crippen molar-refractivity contribution in [1.82, 2.24) is 19.5 Å². The molecule has 0 aliphatic heterocycles. The first kappa shape index (κ1) is 31.2. The van der Waals surface area contributed by atoms with Gasteiger partial charge in [-0.15, -0.1) is 11.3 Å². The third-order valence-electron chi connectivity index (χ3n) is 11.2. The maximum Gasteiger partial charge on any atom is 0.166 e. The molecule has 4 nitrogen and oxygen atoms in total. The average Bonchev–Trinajstić information content (AvgIpc) is 3.80. The van der Waals surface area contributed by atoms with Crippen molar-refractivity contribution in [1.29, 1.82) is 0 Å². The Morgan fingerprint density at radius 2 is 0.893 bits per heavy atom. The molecule has 12 rings (SSSR count). The van der Waals surface area contributed by atoms with Crippen LogP contribution in [-0.4, -0.2) is 19.5 Å². The molecule has 12 aromatic rings. The summed E-state index contributed by atoms with van der Waals surface area (Å²) in [5.41, 5.74) is 6.23. The monoisotopic (exact) mass is 730 g/mol. The van der Waals surface area contributed by atoms with E-state index in [4.69, 9.17) is 15.0 Å². The maximum absolute atomic E-state index is 5.46. The summed E-state index contributed by atoms with van der Waals surface area (Å²) in [7, 11) is 0. The van der Waals surface area contributed by atoms with Crippen molar-refractivity contribution in [3.63, 3.8) is 0 Å². The van der Waals surface area contributed by atoms with Gasteiger partial charge in [-0.2, -0.15) is 0 Å². The lowest BCUT2D eigenvalue weighted by atomic mass is 10.0. The van der Waals surface area contributed by atoms with E-state index >= 15 is 0 Å². The van der Waals surface area contributed by atoms with Crippen LogP contribution in [0.25, 0.3) is 114 Å². The van der Waals surface area contributed by atoms with E-state index in [1.165, 1.54) is 41.7 Å². The average molecular weight is 731 g/mol. The summed E-state index contributed by atoms with van der Waals surface area (Å²) in [6, 6.07) is 65.0. The van der Waals surface area contributed by atoms with Gasteiger partial charge < -0.3 is 4.57 Å². The van der Waals surface area contributed by atoms with Crippen LogP contribution in [0, 0.1) is 0 Å². The van der Waals surface area contributed by atoms with Crippen molar-refractivity contribution in [2.24, 2.45) is 0 Å². The second kappa shape index (κ2) is 12.2. The first-order chi connectivity index (χ1) is 27.8. The standard InChI is InChI=1S/C51H30N4S/c1-2-16-34-30-45-43(29-33(34)15-1)37-20-7-9-25-44(37)55(45)47-36-19-6-4-14-32(36)27-28-41(47)50-52-49(40-23-11-17-31-13-3-5-18-35(31)40)53-51(54-50)42-24-12-22-39-38-21-8-10-26-46(38)56-48(39)42/h1-30H. The number of thiophene rings is 1. The van der Waals surface area contributed by atoms with Crippen molar-refractivity contribution >= 4 is 85.6 Å². The first-order valence-corrected chi connectivity index (χ1v) is 19.7. The van der Waals surface area contributed by atoms with Gasteiger partial charge >= 0.3 is 0 Å². The van der Waals surface area contributed by atoms with Crippen LogP contribution in [0.5, 0.6) is 0 Å². The summed E-state index contributed by atoms with van der Waals surface area (Å²) in [6.07, 6.45) is 0. The third kappa shape index (κ3) is 4.68. The molecule has 0 saturated heterocycles. The lowest BCUT2D eigenvalue weighted by Gasteiger charge is -2.18. The zero-order valence-corrected chi connectivity index (χ0v) is 30.8. The second-order valence-corrected chi connectivity index (χ2v) is 15.4. The number of rotatable bonds is 4. The van der Waals surface area contributed by atoms with Crippen molar-refractivity contribution in [2.75, 3.05) is 0 Å². The Morgan fingerprint density at radius 1 is 0.339 bits per heavy atom. The minimum atomic E-state index is 0.628. The molecule has 0 amide bonds. The minimum Gasteiger partial charge on any atom is -0.308 e. The topological polar surface area (TPSA) is 43.6 Å². The molecule has 56 heavy (non-hydrogen) atoms. The van der Waals surface area contributed by atoms with Crippen LogP contribution in [0.15, 0.2) is 182 Å². The number of aromatic nitrogens is 4. The molecule has 0 fully saturated rings. The largest absolute Gasteiger partial charge is 0.308 e. The van der Waals surface area contributed by atoms with Crippen LogP contribution in [0.4, 0.5) is 0 Å². The fourth-order valence-corrected chi connectivity index (χ4v) is 9.87. The molecular weight excluding hydrogens is 701 g/mol. The van der Waals surface area contributed by atoms with Crippen molar-refractivity contribution < 1.29 is 0 Å². The zero-order chi connectivity index (χ0) is 36.7. The molecule has 3 heterocycles. The van der Waals surface area contributed by atoms with Crippen LogP contribution in [0.2, 0.25) is 0 Å². The molecule has 0 spiro atoms. The van der Waals surface area contributed by atoms with Gasteiger partial charge in [0.15, 0.2) is 17.5 Å². The van der Waals surface area contributed by atoms with Gasteiger partial charge in [-0.3, -0.25) is 0 Å². The Hall–Kier alpha value is -7.21. The Kier molecular flexibility index (Phi) is 6.76. The third-order valence-corrected chi connectivity index (χ3v) is 12.4. The number of hydrogen-bond donors (Lipinski definition) is 0. The first-order valence-electron chi connectivity index (χ1n) is 18.9. The van der Waals surface area contributed by atoms with E-state index in [1.54, 1.807) is 11.3 Å².